The monoisotopic (exact) mass is 300 g/mol. The highest BCUT2D eigenvalue weighted by molar-refractivity contribution is 7.53. The van der Waals surface area contributed by atoms with Crippen molar-refractivity contribution < 1.29 is 28.3 Å². The molecule has 0 saturated heterocycles. The molecule has 0 fully saturated rings. The molecule has 6 nitrogen and oxygen atoms in total. The van der Waals surface area contributed by atoms with Gasteiger partial charge in [-0.15, -0.1) is 0 Å². The number of rotatable bonds is 9. The zero-order valence-corrected chi connectivity index (χ0v) is 12.4. The van der Waals surface area contributed by atoms with Crippen LogP contribution in [-0.4, -0.2) is 33.6 Å². The average molecular weight is 300 g/mol. The van der Waals surface area contributed by atoms with Gasteiger partial charge in [-0.1, -0.05) is 19.8 Å². The van der Waals surface area contributed by atoms with Crippen LogP contribution in [0.15, 0.2) is 0 Å². The molecule has 0 amide bonds. The van der Waals surface area contributed by atoms with Crippen LogP contribution in [0.1, 0.15) is 26.2 Å². The van der Waals surface area contributed by atoms with Crippen LogP contribution >= 0.6 is 15.2 Å². The molecule has 0 bridgehead atoms. The molecule has 1 atom stereocenters. The van der Waals surface area contributed by atoms with Crippen LogP contribution in [-0.2, 0) is 13.7 Å². The normalized spacial score (nSPS) is 16.6. The predicted molar refractivity (Wildman–Crippen MR) is 70.2 cm³/mol. The van der Waals surface area contributed by atoms with E-state index in [2.05, 4.69) is 13.8 Å². The maximum absolute atomic E-state index is 11.7. The summed E-state index contributed by atoms with van der Waals surface area (Å²) in [6.07, 6.45) is 1.40. The van der Waals surface area contributed by atoms with Crippen molar-refractivity contribution in [2.75, 3.05) is 18.9 Å². The summed E-state index contributed by atoms with van der Waals surface area (Å²) in [6.45, 7) is 9.08. The Kier molecular flexibility index (Phi) is 7.30. The molecular weight excluding hydrogens is 278 g/mol. The molecule has 1 unspecified atom stereocenters. The van der Waals surface area contributed by atoms with Gasteiger partial charge in [-0.3, -0.25) is 9.13 Å². The second kappa shape index (κ2) is 7.18. The van der Waals surface area contributed by atoms with Crippen LogP contribution in [0.3, 0.4) is 0 Å². The lowest BCUT2D eigenvalue weighted by atomic mass is 10.0. The third-order valence-corrected chi connectivity index (χ3v) is 4.86. The van der Waals surface area contributed by atoms with Gasteiger partial charge in [0.05, 0.1) is 18.9 Å². The molecule has 0 aromatic carbocycles. The van der Waals surface area contributed by atoms with Crippen molar-refractivity contribution in [2.45, 2.75) is 26.2 Å². The summed E-state index contributed by atoms with van der Waals surface area (Å²) in [4.78, 5) is 27.2. The Bertz CT molecular complexity index is 335. The highest BCUT2D eigenvalue weighted by Gasteiger charge is 2.36. The van der Waals surface area contributed by atoms with Gasteiger partial charge in [0.25, 0.3) is 0 Å². The smallest absolute Gasteiger partial charge is 0.324 e. The van der Waals surface area contributed by atoms with E-state index in [0.717, 1.165) is 12.8 Å². The molecule has 0 aliphatic heterocycles. The first-order chi connectivity index (χ1) is 7.97. The quantitative estimate of drug-likeness (QED) is 0.445. The van der Waals surface area contributed by atoms with Gasteiger partial charge in [-0.2, -0.15) is 0 Å². The molecule has 0 aromatic heterocycles. The molecule has 18 heavy (non-hydrogen) atoms. The molecular formula is C10H22O6P2. The second-order valence-electron chi connectivity index (χ2n) is 4.66. The Labute approximate surface area is 108 Å². The molecule has 0 aliphatic carbocycles. The molecule has 0 rings (SSSR count). The Morgan fingerprint density at radius 2 is 1.67 bits per heavy atom. The highest BCUT2D eigenvalue weighted by Crippen LogP contribution is 2.51. The molecule has 3 N–H and O–H groups in total. The Morgan fingerprint density at radius 1 is 1.11 bits per heavy atom. The van der Waals surface area contributed by atoms with Crippen LogP contribution in [0.25, 0.3) is 0 Å². The fourth-order valence-corrected chi connectivity index (χ4v) is 4.14. The maximum Gasteiger partial charge on any atom is 0.328 e. The summed E-state index contributed by atoms with van der Waals surface area (Å²) in [5, 5.41) is 0. The van der Waals surface area contributed by atoms with Gasteiger partial charge < -0.3 is 19.2 Å². The lowest BCUT2D eigenvalue weighted by Gasteiger charge is -2.26. The van der Waals surface area contributed by atoms with Crippen molar-refractivity contribution in [3.8, 4) is 0 Å². The summed E-state index contributed by atoms with van der Waals surface area (Å²) >= 11 is 0. The summed E-state index contributed by atoms with van der Waals surface area (Å²) in [5.74, 6) is 0. The first-order valence-corrected chi connectivity index (χ1v) is 9.25. The lowest BCUT2D eigenvalue weighted by Crippen LogP contribution is -2.23. The molecule has 2 radical (unpaired) electrons. The van der Waals surface area contributed by atoms with Crippen molar-refractivity contribution >= 4 is 15.2 Å². The van der Waals surface area contributed by atoms with E-state index in [1.165, 1.54) is 0 Å². The number of unbranched alkanes of at least 4 members (excludes halogenated alkanes) is 2. The first kappa shape index (κ1) is 18.3. The second-order valence-corrected chi connectivity index (χ2v) is 8.15. The highest BCUT2D eigenvalue weighted by atomic mass is 31.2. The number of hydrogen-bond donors (Lipinski definition) is 3. The minimum absolute atomic E-state index is 0.146. The van der Waals surface area contributed by atoms with Gasteiger partial charge in [0.2, 0.25) is 0 Å². The van der Waals surface area contributed by atoms with Crippen molar-refractivity contribution in [1.29, 1.82) is 0 Å². The van der Waals surface area contributed by atoms with Gasteiger partial charge in [0.1, 0.15) is 0 Å². The molecule has 0 aliphatic rings. The predicted octanol–water partition coefficient (Wildman–Crippen LogP) is 2.21. The van der Waals surface area contributed by atoms with E-state index in [0.29, 0.717) is 6.42 Å². The summed E-state index contributed by atoms with van der Waals surface area (Å²) in [7, 11) is -8.23. The largest absolute Gasteiger partial charge is 0.328 e. The van der Waals surface area contributed by atoms with E-state index in [4.69, 9.17) is 14.3 Å². The van der Waals surface area contributed by atoms with Crippen molar-refractivity contribution in [3.05, 3.63) is 13.8 Å². The van der Waals surface area contributed by atoms with Crippen LogP contribution in [0.5, 0.6) is 0 Å². The fraction of sp³-hybridized carbons (Fsp3) is 0.800. The van der Waals surface area contributed by atoms with E-state index >= 15 is 0 Å². The standard InChI is InChI=1S/C10H22O6P2/c1-4-5-6-7-16-18(14,15)9-10(2,3)8-17(11,12)13/h2-9H2,1H3,(H,14,15)(H2,11,12,13). The van der Waals surface area contributed by atoms with Crippen LogP contribution in [0.4, 0.5) is 0 Å². The Balaban J connectivity index is 4.29. The Morgan fingerprint density at radius 3 is 2.11 bits per heavy atom. The minimum Gasteiger partial charge on any atom is -0.324 e. The topological polar surface area (TPSA) is 104 Å². The van der Waals surface area contributed by atoms with Crippen molar-refractivity contribution in [3.63, 3.8) is 0 Å². The Hall–Kier alpha value is 0.300. The number of hydrogen-bond acceptors (Lipinski definition) is 3. The van der Waals surface area contributed by atoms with E-state index in [9.17, 15) is 14.0 Å². The summed E-state index contributed by atoms with van der Waals surface area (Å²) in [5.41, 5.74) is -1.44. The van der Waals surface area contributed by atoms with Gasteiger partial charge in [-0.25, -0.2) is 0 Å². The summed E-state index contributed by atoms with van der Waals surface area (Å²) in [6, 6.07) is 0. The fourth-order valence-electron chi connectivity index (χ4n) is 1.52. The van der Waals surface area contributed by atoms with E-state index in [1.54, 1.807) is 0 Å². The van der Waals surface area contributed by atoms with Gasteiger partial charge in [-0.05, 0) is 25.7 Å². The molecule has 0 aromatic rings. The first-order valence-electron chi connectivity index (χ1n) is 5.69. The van der Waals surface area contributed by atoms with Crippen LogP contribution in [0.2, 0.25) is 0 Å². The van der Waals surface area contributed by atoms with Crippen molar-refractivity contribution in [2.24, 2.45) is 5.41 Å². The zero-order chi connectivity index (χ0) is 14.4. The molecule has 0 spiro atoms. The van der Waals surface area contributed by atoms with E-state index in [-0.39, 0.29) is 6.61 Å². The molecule has 0 saturated carbocycles. The molecule has 0 heterocycles. The molecule has 108 valence electrons. The van der Waals surface area contributed by atoms with Crippen LogP contribution < -0.4 is 0 Å². The zero-order valence-electron chi connectivity index (χ0n) is 10.6. The van der Waals surface area contributed by atoms with Gasteiger partial charge in [0, 0.05) is 0 Å². The van der Waals surface area contributed by atoms with E-state index in [1.807, 2.05) is 6.92 Å². The minimum atomic E-state index is -4.32. The third kappa shape index (κ3) is 10.2. The average Bonchev–Trinajstić information content (AvgIpc) is 2.06. The summed E-state index contributed by atoms with van der Waals surface area (Å²) < 4.78 is 27.4. The van der Waals surface area contributed by atoms with E-state index < -0.39 is 32.9 Å². The van der Waals surface area contributed by atoms with Crippen LogP contribution in [0, 0.1) is 19.3 Å². The lowest BCUT2D eigenvalue weighted by molar-refractivity contribution is 0.247. The SMILES string of the molecule is [CH2]C([CH2])(CP(=O)(O)O)CP(=O)(O)OCCCCC. The van der Waals surface area contributed by atoms with Gasteiger partial charge >= 0.3 is 15.2 Å². The third-order valence-electron chi connectivity index (χ3n) is 2.12. The maximum atomic E-state index is 11.7. The molecule has 8 heteroatoms. The van der Waals surface area contributed by atoms with Gasteiger partial charge in [0.15, 0.2) is 0 Å². The van der Waals surface area contributed by atoms with Crippen molar-refractivity contribution in [1.82, 2.24) is 0 Å².